The van der Waals surface area contributed by atoms with E-state index in [1.54, 1.807) is 0 Å². The van der Waals surface area contributed by atoms with Crippen LogP contribution in [-0.2, 0) is 25.1 Å². The van der Waals surface area contributed by atoms with Crippen LogP contribution in [0.2, 0.25) is 0 Å². The number of rotatable bonds is 4. The van der Waals surface area contributed by atoms with Crippen LogP contribution in [0.1, 0.15) is 16.7 Å². The molecule has 0 radical (unpaired) electrons. The summed E-state index contributed by atoms with van der Waals surface area (Å²) in [6, 6.07) is 5.58. The van der Waals surface area contributed by atoms with Gasteiger partial charge < -0.3 is 4.74 Å². The summed E-state index contributed by atoms with van der Waals surface area (Å²) < 4.78 is 27.7. The fraction of sp³-hybridized carbons (Fsp3) is 0.417. The minimum atomic E-state index is -3.45. The summed E-state index contributed by atoms with van der Waals surface area (Å²) in [5.74, 6) is -1.43. The predicted octanol–water partition coefficient (Wildman–Crippen LogP) is 1.39. The molecule has 0 unspecified atom stereocenters. The van der Waals surface area contributed by atoms with Gasteiger partial charge in [-0.05, 0) is 19.4 Å². The van der Waals surface area contributed by atoms with Crippen molar-refractivity contribution in [2.45, 2.75) is 19.6 Å². The zero-order valence-electron chi connectivity index (χ0n) is 10.2. The van der Waals surface area contributed by atoms with Gasteiger partial charge in [0.05, 0.1) is 12.9 Å². The van der Waals surface area contributed by atoms with Crippen LogP contribution in [0, 0.1) is 13.8 Å². The molecule has 4 nitrogen and oxygen atoms in total. The van der Waals surface area contributed by atoms with Crippen LogP contribution in [-0.4, -0.2) is 27.2 Å². The molecular formula is C12H16O4S. The second-order valence-corrected chi connectivity index (χ2v) is 6.17. The third kappa shape index (κ3) is 4.56. The first-order chi connectivity index (χ1) is 7.82. The second-order valence-electron chi connectivity index (χ2n) is 4.10. The first-order valence-electron chi connectivity index (χ1n) is 5.17. The lowest BCUT2D eigenvalue weighted by Gasteiger charge is -2.06. The maximum Gasteiger partial charge on any atom is 0.320 e. The van der Waals surface area contributed by atoms with Crippen LogP contribution in [0.15, 0.2) is 18.2 Å². The van der Waals surface area contributed by atoms with E-state index in [-0.39, 0.29) is 5.75 Å². The highest BCUT2D eigenvalue weighted by Gasteiger charge is 2.17. The third-order valence-electron chi connectivity index (χ3n) is 2.23. The van der Waals surface area contributed by atoms with Crippen molar-refractivity contribution in [1.82, 2.24) is 0 Å². The molecule has 1 aromatic carbocycles. The lowest BCUT2D eigenvalue weighted by molar-refractivity contribution is -0.137. The fourth-order valence-electron chi connectivity index (χ4n) is 1.70. The van der Waals surface area contributed by atoms with Crippen LogP contribution in [0.4, 0.5) is 0 Å². The summed E-state index contributed by atoms with van der Waals surface area (Å²) in [5, 5.41) is 0. The number of esters is 1. The molecule has 5 heteroatoms. The van der Waals surface area contributed by atoms with Crippen molar-refractivity contribution >= 4 is 15.8 Å². The highest BCUT2D eigenvalue weighted by Crippen LogP contribution is 2.12. The topological polar surface area (TPSA) is 60.4 Å². The van der Waals surface area contributed by atoms with Crippen molar-refractivity contribution in [2.24, 2.45) is 0 Å². The number of methoxy groups -OCH3 is 1. The molecule has 0 aliphatic carbocycles. The number of ether oxygens (including phenoxy) is 1. The summed E-state index contributed by atoms with van der Waals surface area (Å²) >= 11 is 0. The Labute approximate surface area is 102 Å². The van der Waals surface area contributed by atoms with Crippen LogP contribution < -0.4 is 0 Å². The summed E-state index contributed by atoms with van der Waals surface area (Å²) in [4.78, 5) is 11.0. The Bertz CT molecular complexity index is 497. The molecule has 0 aromatic heterocycles. The summed E-state index contributed by atoms with van der Waals surface area (Å²) in [6.45, 7) is 3.81. The Hall–Kier alpha value is -1.36. The van der Waals surface area contributed by atoms with Crippen LogP contribution in [0.3, 0.4) is 0 Å². The number of carbonyl (C=O) groups is 1. The van der Waals surface area contributed by atoms with Gasteiger partial charge in [0.1, 0.15) is 5.75 Å². The van der Waals surface area contributed by atoms with Crippen molar-refractivity contribution in [3.8, 4) is 0 Å². The summed E-state index contributed by atoms with van der Waals surface area (Å²) in [6.07, 6.45) is 0. The number of hydrogen-bond acceptors (Lipinski definition) is 4. The molecule has 0 fully saturated rings. The Kier molecular flexibility index (Phi) is 4.28. The van der Waals surface area contributed by atoms with Gasteiger partial charge in [0.25, 0.3) is 0 Å². The first kappa shape index (κ1) is 13.7. The maximum atomic E-state index is 11.7. The van der Waals surface area contributed by atoms with E-state index in [4.69, 9.17) is 0 Å². The molecule has 0 aliphatic rings. The van der Waals surface area contributed by atoms with E-state index < -0.39 is 21.6 Å². The van der Waals surface area contributed by atoms with Gasteiger partial charge in [-0.15, -0.1) is 0 Å². The fourth-order valence-corrected chi connectivity index (χ4v) is 2.95. The molecule has 17 heavy (non-hydrogen) atoms. The van der Waals surface area contributed by atoms with Crippen molar-refractivity contribution in [1.29, 1.82) is 0 Å². The summed E-state index contributed by atoms with van der Waals surface area (Å²) in [5.41, 5.74) is 2.72. The molecule has 0 N–H and O–H groups in total. The van der Waals surface area contributed by atoms with Crippen molar-refractivity contribution in [3.05, 3.63) is 34.9 Å². The monoisotopic (exact) mass is 256 g/mol. The number of benzene rings is 1. The van der Waals surface area contributed by atoms with Gasteiger partial charge >= 0.3 is 5.97 Å². The predicted molar refractivity (Wildman–Crippen MR) is 65.4 cm³/mol. The molecule has 1 aromatic rings. The number of hydrogen-bond donors (Lipinski definition) is 0. The number of carbonyl (C=O) groups excluding carboxylic acids is 1. The van der Waals surface area contributed by atoms with Crippen molar-refractivity contribution < 1.29 is 17.9 Å². The zero-order chi connectivity index (χ0) is 13.1. The second kappa shape index (κ2) is 5.31. The van der Waals surface area contributed by atoms with E-state index in [0.717, 1.165) is 11.1 Å². The SMILES string of the molecule is COC(=O)CS(=O)(=O)Cc1cc(C)cc(C)c1. The van der Waals surface area contributed by atoms with Gasteiger partial charge in [0, 0.05) is 0 Å². The largest absolute Gasteiger partial charge is 0.468 e. The first-order valence-corrected chi connectivity index (χ1v) is 6.99. The molecule has 0 bridgehead atoms. The van der Waals surface area contributed by atoms with E-state index in [1.807, 2.05) is 32.0 Å². The average Bonchev–Trinajstić information content (AvgIpc) is 2.13. The van der Waals surface area contributed by atoms with E-state index in [2.05, 4.69) is 4.74 Å². The quantitative estimate of drug-likeness (QED) is 0.764. The minimum absolute atomic E-state index is 0.134. The Morgan fingerprint density at radius 3 is 2.18 bits per heavy atom. The molecular weight excluding hydrogens is 240 g/mol. The lowest BCUT2D eigenvalue weighted by atomic mass is 10.1. The van der Waals surface area contributed by atoms with E-state index in [0.29, 0.717) is 5.56 Å². The normalized spacial score (nSPS) is 11.2. The van der Waals surface area contributed by atoms with E-state index in [1.165, 1.54) is 7.11 Å². The zero-order valence-corrected chi connectivity index (χ0v) is 11.0. The van der Waals surface area contributed by atoms with Crippen LogP contribution in [0.5, 0.6) is 0 Å². The van der Waals surface area contributed by atoms with Gasteiger partial charge in [-0.1, -0.05) is 29.3 Å². The van der Waals surface area contributed by atoms with Crippen LogP contribution >= 0.6 is 0 Å². The molecule has 0 saturated carbocycles. The highest BCUT2D eigenvalue weighted by molar-refractivity contribution is 7.91. The smallest absolute Gasteiger partial charge is 0.320 e. The van der Waals surface area contributed by atoms with Gasteiger partial charge in [0.2, 0.25) is 0 Å². The molecule has 0 saturated heterocycles. The molecule has 0 atom stereocenters. The van der Waals surface area contributed by atoms with Crippen LogP contribution in [0.25, 0.3) is 0 Å². The maximum absolute atomic E-state index is 11.7. The van der Waals surface area contributed by atoms with Gasteiger partial charge in [0.15, 0.2) is 9.84 Å². The van der Waals surface area contributed by atoms with Crippen molar-refractivity contribution in [3.63, 3.8) is 0 Å². The standard InChI is InChI=1S/C12H16O4S/c1-9-4-10(2)6-11(5-9)7-17(14,15)8-12(13)16-3/h4-6H,7-8H2,1-3H3. The van der Waals surface area contributed by atoms with E-state index in [9.17, 15) is 13.2 Å². The molecule has 0 aliphatic heterocycles. The molecule has 94 valence electrons. The Morgan fingerprint density at radius 2 is 1.71 bits per heavy atom. The third-order valence-corrected chi connectivity index (χ3v) is 3.68. The number of sulfone groups is 1. The van der Waals surface area contributed by atoms with Gasteiger partial charge in [-0.3, -0.25) is 4.79 Å². The molecule has 0 heterocycles. The molecule has 0 amide bonds. The van der Waals surface area contributed by atoms with Crippen molar-refractivity contribution in [2.75, 3.05) is 12.9 Å². The van der Waals surface area contributed by atoms with Gasteiger partial charge in [-0.2, -0.15) is 0 Å². The van der Waals surface area contributed by atoms with Gasteiger partial charge in [-0.25, -0.2) is 8.42 Å². The number of aryl methyl sites for hydroxylation is 2. The minimum Gasteiger partial charge on any atom is -0.468 e. The average molecular weight is 256 g/mol. The molecule has 1 rings (SSSR count). The molecule has 0 spiro atoms. The summed E-state index contributed by atoms with van der Waals surface area (Å²) in [7, 11) is -2.28. The lowest BCUT2D eigenvalue weighted by Crippen LogP contribution is -2.18. The van der Waals surface area contributed by atoms with E-state index >= 15 is 0 Å². The Morgan fingerprint density at radius 1 is 1.18 bits per heavy atom. The highest BCUT2D eigenvalue weighted by atomic mass is 32.2. The Balaban J connectivity index is 2.86.